The second-order valence-corrected chi connectivity index (χ2v) is 6.37. The van der Waals surface area contributed by atoms with Crippen LogP contribution in [-0.4, -0.2) is 28.4 Å². The molecule has 0 saturated heterocycles. The Morgan fingerprint density at radius 3 is 1.29 bits per heavy atom. The molecule has 0 aliphatic rings. The van der Waals surface area contributed by atoms with Crippen LogP contribution >= 0.6 is 45.8 Å². The molecule has 0 atom stereocenters. The molecule has 5 nitrogen and oxygen atoms in total. The summed E-state index contributed by atoms with van der Waals surface area (Å²) in [6.07, 6.45) is 0. The molecular formula is C16H18Cl2INO4. The Balaban J connectivity index is 0.000000240. The van der Waals surface area contributed by atoms with Crippen molar-refractivity contribution in [2.24, 2.45) is 0 Å². The van der Waals surface area contributed by atoms with Crippen LogP contribution in [0, 0.1) is 3.57 Å². The molecule has 2 N–H and O–H groups in total. The van der Waals surface area contributed by atoms with E-state index in [-0.39, 0.29) is 0 Å². The van der Waals surface area contributed by atoms with Gasteiger partial charge in [-0.05, 0) is 34.7 Å². The van der Waals surface area contributed by atoms with Gasteiger partial charge in [0, 0.05) is 21.4 Å². The van der Waals surface area contributed by atoms with Crippen LogP contribution in [0.4, 0.5) is 5.69 Å². The molecule has 0 unspecified atom stereocenters. The van der Waals surface area contributed by atoms with Crippen molar-refractivity contribution in [3.8, 4) is 23.0 Å². The molecule has 0 spiro atoms. The molecular weight excluding hydrogens is 468 g/mol. The lowest BCUT2D eigenvalue weighted by Gasteiger charge is -2.08. The zero-order valence-corrected chi connectivity index (χ0v) is 17.3. The summed E-state index contributed by atoms with van der Waals surface area (Å²) in [7, 11) is 6.22. The molecule has 0 aliphatic carbocycles. The van der Waals surface area contributed by atoms with Gasteiger partial charge < -0.3 is 24.7 Å². The lowest BCUT2D eigenvalue weighted by molar-refractivity contribution is 0.394. The summed E-state index contributed by atoms with van der Waals surface area (Å²) in [4.78, 5) is 0. The number of nitrogens with two attached hydrogens (primary N) is 1. The summed E-state index contributed by atoms with van der Waals surface area (Å²) >= 11 is 14.0. The largest absolute Gasteiger partial charge is 0.495 e. The third kappa shape index (κ3) is 5.39. The SMILES string of the molecule is COc1cc(I)cc(OC)c1Cl.COc1cc(N)cc(OC)c1Cl. The maximum absolute atomic E-state index is 5.93. The first-order chi connectivity index (χ1) is 11.4. The van der Waals surface area contributed by atoms with Crippen LogP contribution < -0.4 is 24.7 Å². The van der Waals surface area contributed by atoms with Crippen LogP contribution in [0.25, 0.3) is 0 Å². The molecule has 0 aliphatic heterocycles. The second-order valence-electron chi connectivity index (χ2n) is 4.36. The van der Waals surface area contributed by atoms with Gasteiger partial charge in [-0.1, -0.05) is 23.2 Å². The van der Waals surface area contributed by atoms with Crippen molar-refractivity contribution in [2.75, 3.05) is 34.2 Å². The van der Waals surface area contributed by atoms with Crippen molar-refractivity contribution in [3.05, 3.63) is 37.9 Å². The first-order valence-corrected chi connectivity index (χ1v) is 8.45. The Kier molecular flexibility index (Phi) is 8.58. The minimum Gasteiger partial charge on any atom is -0.495 e. The maximum atomic E-state index is 5.93. The molecule has 0 aromatic heterocycles. The molecule has 8 heteroatoms. The van der Waals surface area contributed by atoms with Gasteiger partial charge in [0.2, 0.25) is 0 Å². The number of nitrogen functional groups attached to an aromatic ring is 1. The van der Waals surface area contributed by atoms with Crippen LogP contribution in [0.3, 0.4) is 0 Å². The summed E-state index contributed by atoms with van der Waals surface area (Å²) in [6.45, 7) is 0. The first kappa shape index (κ1) is 20.8. The van der Waals surface area contributed by atoms with E-state index in [0.717, 1.165) is 3.57 Å². The van der Waals surface area contributed by atoms with Gasteiger partial charge in [0.25, 0.3) is 0 Å². The van der Waals surface area contributed by atoms with Gasteiger partial charge in [0.15, 0.2) is 0 Å². The highest BCUT2D eigenvalue weighted by Crippen LogP contribution is 2.36. The molecule has 2 rings (SSSR count). The Morgan fingerprint density at radius 1 is 0.708 bits per heavy atom. The van der Waals surface area contributed by atoms with Crippen molar-refractivity contribution < 1.29 is 18.9 Å². The van der Waals surface area contributed by atoms with E-state index in [1.165, 1.54) is 14.2 Å². The summed E-state index contributed by atoms with van der Waals surface area (Å²) in [5.74, 6) is 2.32. The lowest BCUT2D eigenvalue weighted by Crippen LogP contribution is -1.92. The molecule has 0 amide bonds. The highest BCUT2D eigenvalue weighted by molar-refractivity contribution is 14.1. The molecule has 0 fully saturated rings. The van der Waals surface area contributed by atoms with Crippen LogP contribution in [0.15, 0.2) is 24.3 Å². The number of anilines is 1. The smallest absolute Gasteiger partial charge is 0.143 e. The van der Waals surface area contributed by atoms with Crippen LogP contribution in [0.2, 0.25) is 10.0 Å². The van der Waals surface area contributed by atoms with Crippen LogP contribution in [-0.2, 0) is 0 Å². The van der Waals surface area contributed by atoms with E-state index in [2.05, 4.69) is 22.6 Å². The van der Waals surface area contributed by atoms with Crippen molar-refractivity contribution >= 4 is 51.5 Å². The summed E-state index contributed by atoms with van der Waals surface area (Å²) in [6, 6.07) is 6.99. The van der Waals surface area contributed by atoms with Crippen molar-refractivity contribution in [1.82, 2.24) is 0 Å². The predicted octanol–water partition coefficient (Wildman–Crippen LogP) is 4.90. The molecule has 2 aromatic rings. The number of ether oxygens (including phenoxy) is 4. The van der Waals surface area contributed by atoms with Gasteiger partial charge in [-0.3, -0.25) is 0 Å². The average molecular weight is 486 g/mol. The molecule has 0 radical (unpaired) electrons. The Labute approximate surface area is 165 Å². The number of hydrogen-bond donors (Lipinski definition) is 1. The highest BCUT2D eigenvalue weighted by Gasteiger charge is 2.09. The fraction of sp³-hybridized carbons (Fsp3) is 0.250. The molecule has 2 aromatic carbocycles. The summed E-state index contributed by atoms with van der Waals surface area (Å²) < 4.78 is 21.1. The van der Waals surface area contributed by atoms with Crippen LogP contribution in [0.1, 0.15) is 0 Å². The van der Waals surface area contributed by atoms with Crippen molar-refractivity contribution in [1.29, 1.82) is 0 Å². The van der Waals surface area contributed by atoms with E-state index in [1.807, 2.05) is 12.1 Å². The Morgan fingerprint density at radius 2 is 1.00 bits per heavy atom. The summed E-state index contributed by atoms with van der Waals surface area (Å²) in [5.41, 5.74) is 6.12. The maximum Gasteiger partial charge on any atom is 0.143 e. The average Bonchev–Trinajstić information content (AvgIpc) is 2.58. The van der Waals surface area contributed by atoms with Gasteiger partial charge >= 0.3 is 0 Å². The standard InChI is InChI=1S/C8H8ClIO2.C8H10ClNO2/c2*1-11-6-3-5(10)4-7(12-2)8(6)9/h3-4H,1-2H3;3-4H,10H2,1-2H3. The minimum atomic E-state index is 0.439. The van der Waals surface area contributed by atoms with Crippen LogP contribution in [0.5, 0.6) is 23.0 Å². The molecule has 24 heavy (non-hydrogen) atoms. The van der Waals surface area contributed by atoms with Gasteiger partial charge in [-0.25, -0.2) is 0 Å². The zero-order chi connectivity index (χ0) is 18.3. The topological polar surface area (TPSA) is 62.9 Å². The van der Waals surface area contributed by atoms with E-state index < -0.39 is 0 Å². The Hall–Kier alpha value is -1.25. The van der Waals surface area contributed by atoms with E-state index in [1.54, 1.807) is 26.4 Å². The van der Waals surface area contributed by atoms with Crippen molar-refractivity contribution in [3.63, 3.8) is 0 Å². The van der Waals surface area contributed by atoms with E-state index in [4.69, 9.17) is 47.9 Å². The number of hydrogen-bond acceptors (Lipinski definition) is 5. The number of benzene rings is 2. The van der Waals surface area contributed by atoms with Gasteiger partial charge in [-0.2, -0.15) is 0 Å². The lowest BCUT2D eigenvalue weighted by atomic mass is 10.3. The normalized spacial score (nSPS) is 9.62. The van der Waals surface area contributed by atoms with Gasteiger partial charge in [-0.15, -0.1) is 0 Å². The molecule has 0 bridgehead atoms. The highest BCUT2D eigenvalue weighted by atomic mass is 127. The minimum absolute atomic E-state index is 0.439. The number of methoxy groups -OCH3 is 4. The quantitative estimate of drug-likeness (QED) is 0.492. The fourth-order valence-corrected chi connectivity index (χ4v) is 2.82. The van der Waals surface area contributed by atoms with Crippen molar-refractivity contribution in [2.45, 2.75) is 0 Å². The second kappa shape index (κ2) is 9.90. The fourth-order valence-electron chi connectivity index (χ4n) is 1.73. The molecule has 132 valence electrons. The number of rotatable bonds is 4. The van der Waals surface area contributed by atoms with Gasteiger partial charge in [0.1, 0.15) is 33.0 Å². The third-order valence-electron chi connectivity index (χ3n) is 2.88. The third-order valence-corrected chi connectivity index (χ3v) is 4.25. The van der Waals surface area contributed by atoms with E-state index in [9.17, 15) is 0 Å². The molecule has 0 heterocycles. The van der Waals surface area contributed by atoms with Gasteiger partial charge in [0.05, 0.1) is 28.4 Å². The first-order valence-electron chi connectivity index (χ1n) is 6.61. The van der Waals surface area contributed by atoms with E-state index in [0.29, 0.717) is 38.7 Å². The molecule has 0 saturated carbocycles. The van der Waals surface area contributed by atoms with E-state index >= 15 is 0 Å². The monoisotopic (exact) mass is 485 g/mol. The number of halogens is 3. The summed E-state index contributed by atoms with van der Waals surface area (Å²) in [5, 5.41) is 0.953. The Bertz CT molecular complexity index is 588. The zero-order valence-electron chi connectivity index (χ0n) is 13.7. The predicted molar refractivity (Wildman–Crippen MR) is 106 cm³/mol.